The van der Waals surface area contributed by atoms with E-state index in [1.807, 2.05) is 0 Å². The summed E-state index contributed by atoms with van der Waals surface area (Å²) in [6, 6.07) is 0.778. The van der Waals surface area contributed by atoms with Crippen LogP contribution >= 0.6 is 0 Å². The Bertz CT molecular complexity index is 319. The topological polar surface area (TPSA) is 12.0 Å². The van der Waals surface area contributed by atoms with Crippen LogP contribution in [0.2, 0.25) is 0 Å². The molecule has 0 saturated heterocycles. The van der Waals surface area contributed by atoms with E-state index in [2.05, 4.69) is 33.1 Å². The van der Waals surface area contributed by atoms with Crippen LogP contribution in [0.15, 0.2) is 0 Å². The van der Waals surface area contributed by atoms with Crippen molar-refractivity contribution in [2.75, 3.05) is 7.05 Å². The molecule has 3 unspecified atom stereocenters. The molecule has 0 aliphatic heterocycles. The number of hydrogen-bond acceptors (Lipinski definition) is 1. The van der Waals surface area contributed by atoms with Crippen LogP contribution in [0.1, 0.15) is 72.1 Å². The molecule has 0 amide bonds. The van der Waals surface area contributed by atoms with E-state index in [-0.39, 0.29) is 0 Å². The Balaban J connectivity index is 1.77. The Morgan fingerprint density at radius 1 is 1.05 bits per heavy atom. The minimum absolute atomic E-state index is 0.655. The fourth-order valence-electron chi connectivity index (χ4n) is 6.46. The van der Waals surface area contributed by atoms with Gasteiger partial charge in [0.15, 0.2) is 0 Å². The van der Waals surface area contributed by atoms with Crippen molar-refractivity contribution in [1.82, 2.24) is 5.32 Å². The van der Waals surface area contributed by atoms with Gasteiger partial charge in [0.05, 0.1) is 0 Å². The van der Waals surface area contributed by atoms with Gasteiger partial charge >= 0.3 is 0 Å². The lowest BCUT2D eigenvalue weighted by atomic mass is 9.43. The second kappa shape index (κ2) is 4.76. The van der Waals surface area contributed by atoms with Gasteiger partial charge in [-0.25, -0.2) is 0 Å². The first-order chi connectivity index (χ1) is 8.95. The summed E-state index contributed by atoms with van der Waals surface area (Å²) >= 11 is 0. The summed E-state index contributed by atoms with van der Waals surface area (Å²) in [6.45, 7) is 7.33. The van der Waals surface area contributed by atoms with Crippen LogP contribution in [0.3, 0.4) is 0 Å². The van der Waals surface area contributed by atoms with E-state index in [1.165, 1.54) is 44.9 Å². The summed E-state index contributed by atoms with van der Waals surface area (Å²) in [5.41, 5.74) is 1.35. The van der Waals surface area contributed by atoms with Gasteiger partial charge in [-0.15, -0.1) is 0 Å². The zero-order chi connectivity index (χ0) is 13.7. The van der Waals surface area contributed by atoms with Crippen LogP contribution in [-0.4, -0.2) is 13.1 Å². The molecule has 4 saturated carbocycles. The molecule has 4 rings (SSSR count). The zero-order valence-corrected chi connectivity index (χ0v) is 13.5. The quantitative estimate of drug-likeness (QED) is 0.763. The van der Waals surface area contributed by atoms with E-state index in [0.29, 0.717) is 10.8 Å². The molecule has 0 spiro atoms. The maximum atomic E-state index is 3.73. The van der Waals surface area contributed by atoms with Gasteiger partial charge in [0.1, 0.15) is 0 Å². The molecule has 0 aromatic heterocycles. The van der Waals surface area contributed by atoms with Crippen molar-refractivity contribution in [3.05, 3.63) is 0 Å². The molecule has 110 valence electrons. The molecule has 0 heterocycles. The molecule has 19 heavy (non-hydrogen) atoms. The molecule has 0 aromatic rings. The summed E-state index contributed by atoms with van der Waals surface area (Å²) in [4.78, 5) is 0. The summed E-state index contributed by atoms with van der Waals surface area (Å²) in [5.74, 6) is 2.96. The molecule has 0 aromatic carbocycles. The van der Waals surface area contributed by atoms with Crippen molar-refractivity contribution in [2.24, 2.45) is 28.6 Å². The minimum atomic E-state index is 0.655. The molecule has 0 radical (unpaired) electrons. The highest BCUT2D eigenvalue weighted by molar-refractivity contribution is 5.09. The molecular weight excluding hydrogens is 230 g/mol. The predicted octanol–water partition coefficient (Wildman–Crippen LogP) is 4.62. The van der Waals surface area contributed by atoms with E-state index >= 15 is 0 Å². The van der Waals surface area contributed by atoms with Crippen LogP contribution in [0, 0.1) is 28.6 Å². The van der Waals surface area contributed by atoms with Gasteiger partial charge in [0.2, 0.25) is 0 Å². The molecule has 1 nitrogen and oxygen atoms in total. The molecular formula is C18H33N. The Hall–Kier alpha value is -0.0400. The van der Waals surface area contributed by atoms with Crippen molar-refractivity contribution in [3.8, 4) is 0 Å². The van der Waals surface area contributed by atoms with E-state index in [1.54, 1.807) is 6.42 Å². The average Bonchev–Trinajstić information content (AvgIpc) is 2.25. The van der Waals surface area contributed by atoms with Crippen LogP contribution in [0.25, 0.3) is 0 Å². The normalized spacial score (nSPS) is 45.9. The van der Waals surface area contributed by atoms with Gasteiger partial charge in [0.25, 0.3) is 0 Å². The van der Waals surface area contributed by atoms with Gasteiger partial charge in [-0.2, -0.15) is 0 Å². The van der Waals surface area contributed by atoms with Crippen molar-refractivity contribution < 1.29 is 0 Å². The van der Waals surface area contributed by atoms with E-state index in [0.717, 1.165) is 23.8 Å². The second-order valence-corrected chi connectivity index (χ2v) is 8.95. The van der Waals surface area contributed by atoms with Crippen LogP contribution in [0.5, 0.6) is 0 Å². The van der Waals surface area contributed by atoms with E-state index in [9.17, 15) is 0 Å². The summed E-state index contributed by atoms with van der Waals surface area (Å²) < 4.78 is 0. The smallest absolute Gasteiger partial charge is 0.0121 e. The summed E-state index contributed by atoms with van der Waals surface area (Å²) in [6.07, 6.45) is 12.0. The maximum Gasteiger partial charge on any atom is 0.0121 e. The Morgan fingerprint density at radius 3 is 2.16 bits per heavy atom. The first kappa shape index (κ1) is 13.9. The zero-order valence-electron chi connectivity index (χ0n) is 13.5. The maximum absolute atomic E-state index is 3.73. The van der Waals surface area contributed by atoms with Crippen LogP contribution < -0.4 is 5.32 Å². The molecule has 4 aliphatic rings. The lowest BCUT2D eigenvalue weighted by Crippen LogP contribution is -2.58. The highest BCUT2D eigenvalue weighted by atomic mass is 14.9. The standard InChI is InChI=1S/C18H33N/c1-13(2)5-6-16(19-4)18-10-14-7-15(11-18)9-17(3,8-14)12-18/h13-16,19H,5-12H2,1-4H3. The number of rotatable bonds is 5. The largest absolute Gasteiger partial charge is 0.316 e. The third-order valence-electron chi connectivity index (χ3n) is 6.52. The van der Waals surface area contributed by atoms with Crippen molar-refractivity contribution in [1.29, 1.82) is 0 Å². The second-order valence-electron chi connectivity index (χ2n) is 8.95. The minimum Gasteiger partial charge on any atom is -0.316 e. The van der Waals surface area contributed by atoms with Gasteiger partial charge in [0, 0.05) is 6.04 Å². The molecule has 3 atom stereocenters. The Labute approximate surface area is 119 Å². The van der Waals surface area contributed by atoms with Gasteiger partial charge in [-0.3, -0.25) is 0 Å². The van der Waals surface area contributed by atoms with Gasteiger partial charge < -0.3 is 5.32 Å². The number of nitrogens with one attached hydrogen (secondary N) is 1. The molecule has 4 fully saturated rings. The third kappa shape index (κ3) is 2.48. The summed E-state index contributed by atoms with van der Waals surface area (Å²) in [5, 5.41) is 3.73. The summed E-state index contributed by atoms with van der Waals surface area (Å²) in [7, 11) is 2.21. The molecule has 4 aliphatic carbocycles. The van der Waals surface area contributed by atoms with E-state index < -0.39 is 0 Å². The molecule has 1 heteroatoms. The fraction of sp³-hybridized carbons (Fsp3) is 1.00. The lowest BCUT2D eigenvalue weighted by molar-refractivity contribution is -0.118. The highest BCUT2D eigenvalue weighted by Gasteiger charge is 2.57. The highest BCUT2D eigenvalue weighted by Crippen LogP contribution is 2.66. The predicted molar refractivity (Wildman–Crippen MR) is 82.1 cm³/mol. The number of hydrogen-bond donors (Lipinski definition) is 1. The molecule has 4 bridgehead atoms. The van der Waals surface area contributed by atoms with E-state index in [4.69, 9.17) is 0 Å². The fourth-order valence-corrected chi connectivity index (χ4v) is 6.46. The van der Waals surface area contributed by atoms with Crippen molar-refractivity contribution in [3.63, 3.8) is 0 Å². The van der Waals surface area contributed by atoms with Crippen LogP contribution in [0.4, 0.5) is 0 Å². The van der Waals surface area contributed by atoms with Gasteiger partial charge in [-0.1, -0.05) is 20.8 Å². The monoisotopic (exact) mass is 263 g/mol. The Morgan fingerprint density at radius 2 is 1.68 bits per heavy atom. The Kier molecular flexibility index (Phi) is 3.48. The van der Waals surface area contributed by atoms with Gasteiger partial charge in [-0.05, 0) is 87.0 Å². The molecule has 1 N–H and O–H groups in total. The van der Waals surface area contributed by atoms with Crippen molar-refractivity contribution >= 4 is 0 Å². The first-order valence-corrected chi connectivity index (χ1v) is 8.62. The van der Waals surface area contributed by atoms with Crippen LogP contribution in [-0.2, 0) is 0 Å². The third-order valence-corrected chi connectivity index (χ3v) is 6.52. The van der Waals surface area contributed by atoms with Crippen molar-refractivity contribution in [2.45, 2.75) is 78.2 Å². The lowest BCUT2D eigenvalue weighted by Gasteiger charge is -2.63. The SMILES string of the molecule is CNC(CCC(C)C)C12CC3CC(CC(C)(C3)C1)C2. The average molecular weight is 263 g/mol. The first-order valence-electron chi connectivity index (χ1n) is 8.62.